The predicted molar refractivity (Wildman–Crippen MR) is 95.5 cm³/mol. The Morgan fingerprint density at radius 2 is 1.96 bits per heavy atom. The number of rotatable bonds is 5. The monoisotopic (exact) mass is 340 g/mol. The van der Waals surface area contributed by atoms with Crippen molar-refractivity contribution in [1.82, 2.24) is 34.5 Å². The standard InChI is InChI=1S/C17H24N8/c1-11-20-12(2)25(23-11)9-8-18-16-14-10-19-24(3)17(14)22-15(21-16)13-6-4-5-7-13/h10,13H,4-9H2,1-3H3,(H,18,21,22). The van der Waals surface area contributed by atoms with E-state index in [0.717, 1.165) is 47.4 Å². The van der Waals surface area contributed by atoms with Gasteiger partial charge in [-0.2, -0.15) is 10.2 Å². The number of anilines is 1. The van der Waals surface area contributed by atoms with Crippen molar-refractivity contribution in [3.05, 3.63) is 23.7 Å². The second-order valence-corrected chi connectivity index (χ2v) is 6.77. The van der Waals surface area contributed by atoms with E-state index in [-0.39, 0.29) is 0 Å². The summed E-state index contributed by atoms with van der Waals surface area (Å²) < 4.78 is 3.74. The van der Waals surface area contributed by atoms with Gasteiger partial charge in [0.1, 0.15) is 23.3 Å². The summed E-state index contributed by atoms with van der Waals surface area (Å²) in [6.45, 7) is 5.36. The van der Waals surface area contributed by atoms with Crippen molar-refractivity contribution >= 4 is 16.9 Å². The topological polar surface area (TPSA) is 86.3 Å². The SMILES string of the molecule is Cc1nc(C)n(CCNc2nc(C3CCCC3)nc3c2cnn3C)n1. The first-order chi connectivity index (χ1) is 12.1. The molecule has 0 atom stereocenters. The molecule has 1 fully saturated rings. The van der Waals surface area contributed by atoms with Gasteiger partial charge in [-0.05, 0) is 26.7 Å². The number of hydrogen-bond donors (Lipinski definition) is 1. The van der Waals surface area contributed by atoms with Crippen LogP contribution in [-0.4, -0.2) is 41.1 Å². The zero-order chi connectivity index (χ0) is 17.4. The molecule has 132 valence electrons. The van der Waals surface area contributed by atoms with E-state index in [2.05, 4.69) is 20.5 Å². The number of hydrogen-bond acceptors (Lipinski definition) is 6. The lowest BCUT2D eigenvalue weighted by molar-refractivity contribution is 0.611. The highest BCUT2D eigenvalue weighted by Crippen LogP contribution is 2.33. The molecule has 8 heteroatoms. The number of nitrogens with zero attached hydrogens (tertiary/aromatic N) is 7. The molecule has 1 aliphatic carbocycles. The quantitative estimate of drug-likeness (QED) is 0.767. The van der Waals surface area contributed by atoms with E-state index in [4.69, 9.17) is 9.97 Å². The number of aromatic nitrogens is 7. The molecule has 0 aliphatic heterocycles. The molecule has 4 rings (SSSR count). The minimum atomic E-state index is 0.472. The minimum Gasteiger partial charge on any atom is -0.367 e. The van der Waals surface area contributed by atoms with Crippen LogP contribution in [0.2, 0.25) is 0 Å². The highest BCUT2D eigenvalue weighted by molar-refractivity contribution is 5.86. The average Bonchev–Trinajstić information content (AvgIpc) is 3.30. The van der Waals surface area contributed by atoms with Gasteiger partial charge >= 0.3 is 0 Å². The first-order valence-electron chi connectivity index (χ1n) is 8.93. The van der Waals surface area contributed by atoms with Gasteiger partial charge in [0.2, 0.25) is 0 Å². The summed E-state index contributed by atoms with van der Waals surface area (Å²) in [6.07, 6.45) is 6.73. The fourth-order valence-electron chi connectivity index (χ4n) is 3.59. The van der Waals surface area contributed by atoms with E-state index < -0.39 is 0 Å². The Bertz CT molecular complexity index is 888. The molecule has 0 amide bonds. The normalized spacial score (nSPS) is 15.3. The van der Waals surface area contributed by atoms with Crippen LogP contribution in [-0.2, 0) is 13.6 Å². The Morgan fingerprint density at radius 3 is 2.68 bits per heavy atom. The van der Waals surface area contributed by atoms with E-state index in [1.807, 2.05) is 36.5 Å². The number of fused-ring (bicyclic) bond motifs is 1. The van der Waals surface area contributed by atoms with E-state index in [0.29, 0.717) is 5.92 Å². The van der Waals surface area contributed by atoms with Crippen molar-refractivity contribution in [3.63, 3.8) is 0 Å². The zero-order valence-corrected chi connectivity index (χ0v) is 15.0. The Morgan fingerprint density at radius 1 is 1.16 bits per heavy atom. The van der Waals surface area contributed by atoms with E-state index in [1.54, 1.807) is 0 Å². The summed E-state index contributed by atoms with van der Waals surface area (Å²) in [5.74, 6) is 4.02. The maximum Gasteiger partial charge on any atom is 0.163 e. The number of nitrogens with one attached hydrogen (secondary N) is 1. The molecule has 1 aliphatic rings. The first kappa shape index (κ1) is 16.0. The molecule has 0 radical (unpaired) electrons. The summed E-state index contributed by atoms with van der Waals surface area (Å²) in [5, 5.41) is 13.2. The summed E-state index contributed by atoms with van der Waals surface area (Å²) in [6, 6.07) is 0. The third-order valence-electron chi connectivity index (χ3n) is 4.91. The van der Waals surface area contributed by atoms with Crippen LogP contribution in [0.1, 0.15) is 49.1 Å². The molecule has 3 heterocycles. The fourth-order valence-corrected chi connectivity index (χ4v) is 3.59. The predicted octanol–water partition coefficient (Wildman–Crippen LogP) is 2.34. The first-order valence-corrected chi connectivity index (χ1v) is 8.93. The van der Waals surface area contributed by atoms with Gasteiger partial charge in [-0.25, -0.2) is 19.6 Å². The van der Waals surface area contributed by atoms with Crippen molar-refractivity contribution in [1.29, 1.82) is 0 Å². The fraction of sp³-hybridized carbons (Fsp3) is 0.588. The van der Waals surface area contributed by atoms with Crippen LogP contribution in [0.4, 0.5) is 5.82 Å². The Hall–Kier alpha value is -2.51. The molecule has 3 aromatic rings. The van der Waals surface area contributed by atoms with Crippen molar-refractivity contribution in [2.45, 2.75) is 52.0 Å². The highest BCUT2D eigenvalue weighted by atomic mass is 15.3. The number of aryl methyl sites for hydroxylation is 3. The van der Waals surface area contributed by atoms with Crippen molar-refractivity contribution in [2.24, 2.45) is 7.05 Å². The largest absolute Gasteiger partial charge is 0.367 e. The second kappa shape index (κ2) is 6.42. The summed E-state index contributed by atoms with van der Waals surface area (Å²) in [4.78, 5) is 14.0. The molecule has 1 saturated carbocycles. The molecule has 0 aromatic carbocycles. The van der Waals surface area contributed by atoms with Crippen LogP contribution in [0, 0.1) is 13.8 Å². The van der Waals surface area contributed by atoms with Crippen molar-refractivity contribution < 1.29 is 0 Å². The van der Waals surface area contributed by atoms with E-state index in [1.165, 1.54) is 25.7 Å². The molecule has 1 N–H and O–H groups in total. The van der Waals surface area contributed by atoms with E-state index in [9.17, 15) is 0 Å². The smallest absolute Gasteiger partial charge is 0.163 e. The van der Waals surface area contributed by atoms with Crippen LogP contribution in [0.5, 0.6) is 0 Å². The Kier molecular flexibility index (Phi) is 4.10. The minimum absolute atomic E-state index is 0.472. The third kappa shape index (κ3) is 3.08. The third-order valence-corrected chi connectivity index (χ3v) is 4.91. The van der Waals surface area contributed by atoms with Crippen molar-refractivity contribution in [2.75, 3.05) is 11.9 Å². The lowest BCUT2D eigenvalue weighted by Crippen LogP contribution is -2.15. The molecule has 0 unspecified atom stereocenters. The maximum absolute atomic E-state index is 4.83. The van der Waals surface area contributed by atoms with E-state index >= 15 is 0 Å². The van der Waals surface area contributed by atoms with Crippen LogP contribution < -0.4 is 5.32 Å². The van der Waals surface area contributed by atoms with Gasteiger partial charge in [0.15, 0.2) is 5.65 Å². The van der Waals surface area contributed by atoms with Crippen LogP contribution in [0.3, 0.4) is 0 Å². The van der Waals surface area contributed by atoms with Gasteiger partial charge in [-0.3, -0.25) is 4.68 Å². The van der Waals surface area contributed by atoms with Crippen LogP contribution in [0.15, 0.2) is 6.20 Å². The Labute approximate surface area is 146 Å². The lowest BCUT2D eigenvalue weighted by atomic mass is 10.1. The molecular formula is C17H24N8. The molecule has 0 spiro atoms. The zero-order valence-electron chi connectivity index (χ0n) is 15.0. The van der Waals surface area contributed by atoms with Gasteiger partial charge in [-0.15, -0.1) is 0 Å². The van der Waals surface area contributed by atoms with Gasteiger partial charge < -0.3 is 5.32 Å². The molecule has 0 bridgehead atoms. The average molecular weight is 340 g/mol. The summed E-state index contributed by atoms with van der Waals surface area (Å²) >= 11 is 0. The van der Waals surface area contributed by atoms with Gasteiger partial charge in [0, 0.05) is 19.5 Å². The second-order valence-electron chi connectivity index (χ2n) is 6.77. The lowest BCUT2D eigenvalue weighted by Gasteiger charge is -2.12. The van der Waals surface area contributed by atoms with Gasteiger partial charge in [-0.1, -0.05) is 12.8 Å². The highest BCUT2D eigenvalue weighted by Gasteiger charge is 2.22. The summed E-state index contributed by atoms with van der Waals surface area (Å²) in [5.41, 5.74) is 0.896. The van der Waals surface area contributed by atoms with Gasteiger partial charge in [0.25, 0.3) is 0 Å². The van der Waals surface area contributed by atoms with Crippen molar-refractivity contribution in [3.8, 4) is 0 Å². The van der Waals surface area contributed by atoms with Gasteiger partial charge in [0.05, 0.1) is 18.1 Å². The molecule has 3 aromatic heterocycles. The van der Waals surface area contributed by atoms with Crippen LogP contribution >= 0.6 is 0 Å². The van der Waals surface area contributed by atoms with Crippen LogP contribution in [0.25, 0.3) is 11.0 Å². The molecular weight excluding hydrogens is 316 g/mol. The molecule has 25 heavy (non-hydrogen) atoms. The Balaban J connectivity index is 1.58. The maximum atomic E-state index is 4.83. The molecule has 8 nitrogen and oxygen atoms in total. The summed E-state index contributed by atoms with van der Waals surface area (Å²) in [7, 11) is 1.93. The molecule has 0 saturated heterocycles.